The number of benzene rings is 2. The van der Waals surface area contributed by atoms with E-state index in [0.29, 0.717) is 23.7 Å². The Morgan fingerprint density at radius 2 is 1.77 bits per heavy atom. The summed E-state index contributed by atoms with van der Waals surface area (Å²) < 4.78 is 36.6. The summed E-state index contributed by atoms with van der Waals surface area (Å²) >= 11 is 0. The molecule has 0 aliphatic carbocycles. The van der Waals surface area contributed by atoms with Crippen LogP contribution < -0.4 is 19.7 Å². The molecule has 3 heterocycles. The van der Waals surface area contributed by atoms with Crippen molar-refractivity contribution in [2.24, 2.45) is 7.05 Å². The molecule has 0 amide bonds. The summed E-state index contributed by atoms with van der Waals surface area (Å²) in [5, 5.41) is 7.36. The Balaban J connectivity index is 1.57. The first-order valence-corrected chi connectivity index (χ1v) is 15.0. The van der Waals surface area contributed by atoms with E-state index in [-0.39, 0.29) is 16.8 Å². The molecule has 2 aromatic carbocycles. The minimum Gasteiger partial charge on any atom is -0.439 e. The molecule has 0 radical (unpaired) electrons. The Morgan fingerprint density at radius 1 is 1.05 bits per heavy atom. The first-order chi connectivity index (χ1) is 19.2. The van der Waals surface area contributed by atoms with Gasteiger partial charge in [0.25, 0.3) is 10.0 Å². The molecule has 0 bridgehead atoms. The van der Waals surface area contributed by atoms with E-state index in [1.807, 2.05) is 49.4 Å². The largest absolute Gasteiger partial charge is 0.439 e. The SMILES string of the molecule is CCc1c(Oc2ccc(N3CCNCC3)cc2)nc(NS(=O)(=O)c2cnn(C)c2)nc1-c1ccccc1C(C)C. The summed E-state index contributed by atoms with van der Waals surface area (Å²) in [7, 11) is -2.31. The van der Waals surface area contributed by atoms with Gasteiger partial charge in [0.05, 0.1) is 11.9 Å². The van der Waals surface area contributed by atoms with E-state index in [1.54, 1.807) is 7.05 Å². The average Bonchev–Trinajstić information content (AvgIpc) is 3.41. The number of sulfonamides is 1. The van der Waals surface area contributed by atoms with Crippen molar-refractivity contribution < 1.29 is 13.2 Å². The van der Waals surface area contributed by atoms with E-state index in [2.05, 4.69) is 44.9 Å². The molecule has 0 saturated carbocycles. The second-order valence-electron chi connectivity index (χ2n) is 10.1. The van der Waals surface area contributed by atoms with E-state index in [9.17, 15) is 8.42 Å². The monoisotopic (exact) mass is 561 g/mol. The van der Waals surface area contributed by atoms with Crippen molar-refractivity contribution >= 4 is 21.7 Å². The van der Waals surface area contributed by atoms with Gasteiger partial charge in [-0.1, -0.05) is 45.0 Å². The third-order valence-corrected chi connectivity index (χ3v) is 8.19. The molecule has 1 fully saturated rings. The van der Waals surface area contributed by atoms with Crippen LogP contribution in [0.25, 0.3) is 11.3 Å². The quantitative estimate of drug-likeness (QED) is 0.306. The molecule has 10 nitrogen and oxygen atoms in total. The highest BCUT2D eigenvalue weighted by atomic mass is 32.2. The van der Waals surface area contributed by atoms with Gasteiger partial charge in [-0.2, -0.15) is 10.1 Å². The van der Waals surface area contributed by atoms with Crippen molar-refractivity contribution in [2.75, 3.05) is 35.8 Å². The van der Waals surface area contributed by atoms with Crippen LogP contribution in [0.1, 0.15) is 37.8 Å². The van der Waals surface area contributed by atoms with Crippen molar-refractivity contribution in [3.63, 3.8) is 0 Å². The lowest BCUT2D eigenvalue weighted by molar-refractivity contribution is 0.456. The van der Waals surface area contributed by atoms with Crippen molar-refractivity contribution in [1.82, 2.24) is 25.1 Å². The van der Waals surface area contributed by atoms with Crippen molar-refractivity contribution in [3.05, 3.63) is 72.1 Å². The highest BCUT2D eigenvalue weighted by Gasteiger charge is 2.23. The summed E-state index contributed by atoms with van der Waals surface area (Å²) in [6.07, 6.45) is 3.30. The predicted molar refractivity (Wildman–Crippen MR) is 157 cm³/mol. The van der Waals surface area contributed by atoms with E-state index in [4.69, 9.17) is 9.72 Å². The van der Waals surface area contributed by atoms with Gasteiger partial charge >= 0.3 is 0 Å². The minimum atomic E-state index is -3.97. The summed E-state index contributed by atoms with van der Waals surface area (Å²) in [5.74, 6) is 1.08. The molecule has 0 unspecified atom stereocenters. The normalized spacial score (nSPS) is 14.0. The number of anilines is 2. The maximum Gasteiger partial charge on any atom is 0.267 e. The first-order valence-electron chi connectivity index (χ1n) is 13.5. The number of nitrogens with one attached hydrogen (secondary N) is 2. The van der Waals surface area contributed by atoms with Gasteiger partial charge in [-0.15, -0.1) is 0 Å². The van der Waals surface area contributed by atoms with Crippen LogP contribution in [0, 0.1) is 0 Å². The maximum atomic E-state index is 13.2. The number of ether oxygens (including phenoxy) is 1. The van der Waals surface area contributed by atoms with Crippen LogP contribution in [0.4, 0.5) is 11.6 Å². The highest BCUT2D eigenvalue weighted by Crippen LogP contribution is 2.37. The molecule has 0 spiro atoms. The van der Waals surface area contributed by atoms with E-state index >= 15 is 0 Å². The lowest BCUT2D eigenvalue weighted by atomic mass is 9.93. The zero-order chi connectivity index (χ0) is 28.3. The van der Waals surface area contributed by atoms with E-state index < -0.39 is 10.0 Å². The van der Waals surface area contributed by atoms with Gasteiger partial charge in [-0.3, -0.25) is 4.68 Å². The Labute approximate surface area is 235 Å². The van der Waals surface area contributed by atoms with E-state index in [1.165, 1.54) is 17.1 Å². The Kier molecular flexibility index (Phi) is 8.04. The Morgan fingerprint density at radius 3 is 2.42 bits per heavy atom. The van der Waals surface area contributed by atoms with Crippen LogP contribution in [0.3, 0.4) is 0 Å². The number of aromatic nitrogens is 4. The van der Waals surface area contributed by atoms with Crippen LogP contribution in [-0.4, -0.2) is 54.3 Å². The van der Waals surface area contributed by atoms with Gasteiger partial charge in [0.15, 0.2) is 0 Å². The van der Waals surface area contributed by atoms with Crippen LogP contribution >= 0.6 is 0 Å². The molecular formula is C29H35N7O3S. The molecule has 1 saturated heterocycles. The van der Waals surface area contributed by atoms with Crippen LogP contribution in [0.15, 0.2) is 65.8 Å². The fourth-order valence-corrected chi connectivity index (χ4v) is 5.75. The molecule has 1 aliphatic rings. The molecular weight excluding hydrogens is 526 g/mol. The zero-order valence-electron chi connectivity index (χ0n) is 23.3. The summed E-state index contributed by atoms with van der Waals surface area (Å²) in [6.45, 7) is 10.1. The molecule has 0 atom stereocenters. The molecule has 2 N–H and O–H groups in total. The Bertz CT molecular complexity index is 1580. The van der Waals surface area contributed by atoms with Gasteiger partial charge in [0.2, 0.25) is 11.8 Å². The third-order valence-electron chi connectivity index (χ3n) is 6.91. The highest BCUT2D eigenvalue weighted by molar-refractivity contribution is 7.92. The molecule has 1 aliphatic heterocycles. The third kappa shape index (κ3) is 5.95. The molecule has 2 aromatic heterocycles. The number of rotatable bonds is 9. The zero-order valence-corrected chi connectivity index (χ0v) is 24.1. The lowest BCUT2D eigenvalue weighted by Gasteiger charge is -2.29. The van der Waals surface area contributed by atoms with Gasteiger partial charge in [0, 0.05) is 56.2 Å². The molecule has 11 heteroatoms. The van der Waals surface area contributed by atoms with Gasteiger partial charge in [-0.25, -0.2) is 18.1 Å². The fraction of sp³-hybridized carbons (Fsp3) is 0.345. The second kappa shape index (κ2) is 11.6. The standard InChI is InChI=1S/C29H35N7O3S/c1-5-24-27(26-9-7-6-8-25(26)20(2)3)32-29(34-40(37,38)23-18-31-35(4)19-23)33-28(24)39-22-12-10-21(11-13-22)36-16-14-30-15-17-36/h6-13,18-20,30H,5,14-17H2,1-4H3,(H,32,33,34). The first kappa shape index (κ1) is 27.6. The number of hydrogen-bond acceptors (Lipinski definition) is 8. The van der Waals surface area contributed by atoms with Gasteiger partial charge in [0.1, 0.15) is 10.6 Å². The lowest BCUT2D eigenvalue weighted by Crippen LogP contribution is -2.43. The maximum absolute atomic E-state index is 13.2. The van der Waals surface area contributed by atoms with Crippen LogP contribution in [0.5, 0.6) is 11.6 Å². The predicted octanol–water partition coefficient (Wildman–Crippen LogP) is 4.57. The second-order valence-corrected chi connectivity index (χ2v) is 11.7. The van der Waals surface area contributed by atoms with Crippen molar-refractivity contribution in [1.29, 1.82) is 0 Å². The summed E-state index contributed by atoms with van der Waals surface area (Å²) in [5.41, 5.74) is 4.58. The molecule has 4 aromatic rings. The minimum absolute atomic E-state index is 0.0215. The Hall–Kier alpha value is -3.96. The van der Waals surface area contributed by atoms with E-state index in [0.717, 1.165) is 48.6 Å². The van der Waals surface area contributed by atoms with Crippen molar-refractivity contribution in [2.45, 2.75) is 38.0 Å². The van der Waals surface area contributed by atoms with Gasteiger partial charge < -0.3 is 15.0 Å². The number of piperazine rings is 1. The number of aryl methyl sites for hydroxylation is 1. The molecule has 210 valence electrons. The van der Waals surface area contributed by atoms with Gasteiger partial charge in [-0.05, 0) is 42.2 Å². The number of hydrogen-bond donors (Lipinski definition) is 2. The number of nitrogens with zero attached hydrogens (tertiary/aromatic N) is 5. The summed E-state index contributed by atoms with van der Waals surface area (Å²) in [6, 6.07) is 15.9. The molecule has 40 heavy (non-hydrogen) atoms. The van der Waals surface area contributed by atoms with Crippen LogP contribution in [-0.2, 0) is 23.5 Å². The smallest absolute Gasteiger partial charge is 0.267 e. The van der Waals surface area contributed by atoms with Crippen molar-refractivity contribution in [3.8, 4) is 22.9 Å². The fourth-order valence-electron chi connectivity index (χ4n) is 4.83. The summed E-state index contributed by atoms with van der Waals surface area (Å²) in [4.78, 5) is 11.6. The average molecular weight is 562 g/mol. The molecule has 5 rings (SSSR count). The topological polar surface area (TPSA) is 114 Å². The van der Waals surface area contributed by atoms with Crippen LogP contribution in [0.2, 0.25) is 0 Å².